The van der Waals surface area contributed by atoms with E-state index in [2.05, 4.69) is 0 Å². The summed E-state index contributed by atoms with van der Waals surface area (Å²) < 4.78 is 0. The van der Waals surface area contributed by atoms with Crippen molar-refractivity contribution >= 4 is 23.7 Å². The lowest BCUT2D eigenvalue weighted by atomic mass is 10.1. The first kappa shape index (κ1) is 15.1. The van der Waals surface area contributed by atoms with Gasteiger partial charge in [-0.1, -0.05) is 24.3 Å². The van der Waals surface area contributed by atoms with E-state index in [0.717, 1.165) is 16.0 Å². The standard InChI is InChI=1S/C16H14O4S/c17-15(18)9-12-3-1-2-4-13(12)10-21-14-7-5-11(6-8-14)16(19)20/h1-8H,9-10H2,(H,17,18)(H,19,20). The summed E-state index contributed by atoms with van der Waals surface area (Å²) in [6.07, 6.45) is 0.00862. The second-order valence-electron chi connectivity index (χ2n) is 4.46. The topological polar surface area (TPSA) is 74.6 Å². The Hall–Kier alpha value is -2.27. The number of benzene rings is 2. The lowest BCUT2D eigenvalue weighted by Gasteiger charge is -2.07. The molecule has 0 aliphatic carbocycles. The third kappa shape index (κ3) is 4.36. The molecule has 0 unspecified atom stereocenters. The molecule has 0 aromatic heterocycles. The number of rotatable bonds is 6. The van der Waals surface area contributed by atoms with E-state index in [0.29, 0.717) is 5.75 Å². The molecule has 0 amide bonds. The van der Waals surface area contributed by atoms with Crippen molar-refractivity contribution in [3.8, 4) is 0 Å². The molecule has 0 fully saturated rings. The van der Waals surface area contributed by atoms with Gasteiger partial charge in [0.25, 0.3) is 0 Å². The van der Waals surface area contributed by atoms with Gasteiger partial charge in [0, 0.05) is 10.6 Å². The fourth-order valence-corrected chi connectivity index (χ4v) is 2.82. The van der Waals surface area contributed by atoms with Gasteiger partial charge in [0.15, 0.2) is 0 Å². The summed E-state index contributed by atoms with van der Waals surface area (Å²) in [6.45, 7) is 0. The second kappa shape index (κ2) is 6.95. The molecule has 2 aromatic rings. The fraction of sp³-hybridized carbons (Fsp3) is 0.125. The normalized spacial score (nSPS) is 10.3. The molecule has 0 bridgehead atoms. The lowest BCUT2D eigenvalue weighted by Crippen LogP contribution is -2.02. The first-order chi connectivity index (χ1) is 10.1. The Morgan fingerprint density at radius 2 is 1.52 bits per heavy atom. The number of aliphatic carboxylic acids is 1. The Labute approximate surface area is 126 Å². The Balaban J connectivity index is 2.06. The summed E-state index contributed by atoms with van der Waals surface area (Å²) in [4.78, 5) is 22.6. The summed E-state index contributed by atoms with van der Waals surface area (Å²) in [6, 6.07) is 14.1. The lowest BCUT2D eigenvalue weighted by molar-refractivity contribution is -0.136. The van der Waals surface area contributed by atoms with E-state index in [9.17, 15) is 9.59 Å². The molecule has 2 N–H and O–H groups in total. The van der Waals surface area contributed by atoms with Crippen LogP contribution in [0.15, 0.2) is 53.4 Å². The minimum Gasteiger partial charge on any atom is -0.481 e. The average molecular weight is 302 g/mol. The van der Waals surface area contributed by atoms with Crippen LogP contribution in [0.5, 0.6) is 0 Å². The number of hydrogen-bond donors (Lipinski definition) is 2. The van der Waals surface area contributed by atoms with Crippen molar-refractivity contribution in [3.63, 3.8) is 0 Å². The Kier molecular flexibility index (Phi) is 5.00. The number of thioether (sulfide) groups is 1. The highest BCUT2D eigenvalue weighted by atomic mass is 32.2. The molecule has 0 aliphatic rings. The van der Waals surface area contributed by atoms with Crippen LogP contribution in [0.4, 0.5) is 0 Å². The molecule has 0 saturated carbocycles. The molecule has 0 radical (unpaired) electrons. The van der Waals surface area contributed by atoms with Crippen molar-refractivity contribution in [1.29, 1.82) is 0 Å². The van der Waals surface area contributed by atoms with Gasteiger partial charge in [-0.05, 0) is 35.4 Å². The Morgan fingerprint density at radius 1 is 0.905 bits per heavy atom. The van der Waals surface area contributed by atoms with Crippen LogP contribution >= 0.6 is 11.8 Å². The molecule has 0 atom stereocenters. The highest BCUT2D eigenvalue weighted by Gasteiger charge is 2.07. The van der Waals surface area contributed by atoms with Crippen LogP contribution in [-0.4, -0.2) is 22.2 Å². The van der Waals surface area contributed by atoms with E-state index in [1.54, 1.807) is 36.0 Å². The van der Waals surface area contributed by atoms with Crippen LogP contribution in [0.3, 0.4) is 0 Å². The van der Waals surface area contributed by atoms with E-state index in [1.165, 1.54) is 0 Å². The molecule has 108 valence electrons. The van der Waals surface area contributed by atoms with E-state index < -0.39 is 11.9 Å². The fourth-order valence-electron chi connectivity index (χ4n) is 1.89. The molecular formula is C16H14O4S. The first-order valence-corrected chi connectivity index (χ1v) is 7.29. The number of carboxylic acids is 2. The molecule has 2 aromatic carbocycles. The van der Waals surface area contributed by atoms with E-state index in [4.69, 9.17) is 10.2 Å². The number of aromatic carboxylic acids is 1. The minimum absolute atomic E-state index is 0.00862. The summed E-state index contributed by atoms with van der Waals surface area (Å²) >= 11 is 1.55. The second-order valence-corrected chi connectivity index (χ2v) is 5.51. The largest absolute Gasteiger partial charge is 0.481 e. The maximum absolute atomic E-state index is 10.8. The van der Waals surface area contributed by atoms with Gasteiger partial charge in [0.05, 0.1) is 12.0 Å². The molecule has 0 spiro atoms. The summed E-state index contributed by atoms with van der Waals surface area (Å²) in [5, 5.41) is 17.7. The van der Waals surface area contributed by atoms with Crippen molar-refractivity contribution in [2.75, 3.05) is 0 Å². The molecule has 21 heavy (non-hydrogen) atoms. The highest BCUT2D eigenvalue weighted by Crippen LogP contribution is 2.25. The third-order valence-electron chi connectivity index (χ3n) is 2.96. The van der Waals surface area contributed by atoms with E-state index in [1.807, 2.05) is 24.3 Å². The van der Waals surface area contributed by atoms with Gasteiger partial charge >= 0.3 is 11.9 Å². The first-order valence-electron chi connectivity index (χ1n) is 6.31. The van der Waals surface area contributed by atoms with Gasteiger partial charge in [-0.2, -0.15) is 0 Å². The van der Waals surface area contributed by atoms with Crippen molar-refractivity contribution in [2.24, 2.45) is 0 Å². The maximum atomic E-state index is 10.8. The van der Waals surface area contributed by atoms with E-state index in [-0.39, 0.29) is 12.0 Å². The van der Waals surface area contributed by atoms with Crippen molar-refractivity contribution in [3.05, 3.63) is 65.2 Å². The van der Waals surface area contributed by atoms with Gasteiger partial charge in [-0.25, -0.2) is 4.79 Å². The molecule has 0 saturated heterocycles. The van der Waals surface area contributed by atoms with Gasteiger partial charge < -0.3 is 10.2 Å². The van der Waals surface area contributed by atoms with Crippen LogP contribution in [0, 0.1) is 0 Å². The van der Waals surface area contributed by atoms with Crippen molar-refractivity contribution in [1.82, 2.24) is 0 Å². The van der Waals surface area contributed by atoms with Gasteiger partial charge in [-0.3, -0.25) is 4.79 Å². The van der Waals surface area contributed by atoms with Gasteiger partial charge in [0.1, 0.15) is 0 Å². The molecule has 0 heterocycles. The summed E-state index contributed by atoms with van der Waals surface area (Å²) in [7, 11) is 0. The zero-order valence-corrected chi connectivity index (χ0v) is 12.0. The zero-order chi connectivity index (χ0) is 15.2. The average Bonchev–Trinajstić information content (AvgIpc) is 2.46. The van der Waals surface area contributed by atoms with Crippen LogP contribution in [0.1, 0.15) is 21.5 Å². The predicted molar refractivity (Wildman–Crippen MR) is 80.7 cm³/mol. The molecule has 5 heteroatoms. The number of carboxylic acid groups (broad SMARTS) is 2. The number of carbonyl (C=O) groups is 2. The third-order valence-corrected chi connectivity index (χ3v) is 4.02. The van der Waals surface area contributed by atoms with Crippen molar-refractivity contribution < 1.29 is 19.8 Å². The summed E-state index contributed by atoms with van der Waals surface area (Å²) in [5.74, 6) is -1.15. The minimum atomic E-state index is -0.946. The molecule has 2 rings (SSSR count). The highest BCUT2D eigenvalue weighted by molar-refractivity contribution is 7.98. The Bertz CT molecular complexity index is 650. The SMILES string of the molecule is O=C(O)Cc1ccccc1CSc1ccc(C(=O)O)cc1. The van der Waals surface area contributed by atoms with Gasteiger partial charge in [-0.15, -0.1) is 11.8 Å². The summed E-state index contributed by atoms with van der Waals surface area (Å²) in [5.41, 5.74) is 2.04. The molecule has 0 aliphatic heterocycles. The number of hydrogen-bond acceptors (Lipinski definition) is 3. The smallest absolute Gasteiger partial charge is 0.335 e. The Morgan fingerprint density at radius 3 is 2.10 bits per heavy atom. The zero-order valence-electron chi connectivity index (χ0n) is 11.2. The van der Waals surface area contributed by atoms with Crippen LogP contribution in [-0.2, 0) is 17.0 Å². The van der Waals surface area contributed by atoms with Crippen molar-refractivity contribution in [2.45, 2.75) is 17.1 Å². The maximum Gasteiger partial charge on any atom is 0.335 e. The predicted octanol–water partition coefficient (Wildman–Crippen LogP) is 3.30. The monoisotopic (exact) mass is 302 g/mol. The van der Waals surface area contributed by atoms with E-state index >= 15 is 0 Å². The van der Waals surface area contributed by atoms with Gasteiger partial charge in [0.2, 0.25) is 0 Å². The quantitative estimate of drug-likeness (QED) is 0.801. The van der Waals surface area contributed by atoms with Crippen LogP contribution in [0.2, 0.25) is 0 Å². The van der Waals surface area contributed by atoms with Crippen LogP contribution < -0.4 is 0 Å². The molecule has 4 nitrogen and oxygen atoms in total. The van der Waals surface area contributed by atoms with Crippen LogP contribution in [0.25, 0.3) is 0 Å². The molecular weight excluding hydrogens is 288 g/mol.